The smallest absolute Gasteiger partial charge is 0.243 e. The van der Waals surface area contributed by atoms with E-state index in [1.807, 2.05) is 36.0 Å². The maximum absolute atomic E-state index is 13.2. The fraction of sp³-hybridized carbons (Fsp3) is 0.444. The van der Waals surface area contributed by atoms with Gasteiger partial charge in [-0.15, -0.1) is 0 Å². The van der Waals surface area contributed by atoms with E-state index in [1.54, 1.807) is 12.1 Å². The number of nitrogens with zero attached hydrogens (tertiary/aromatic N) is 3. The van der Waals surface area contributed by atoms with Crippen LogP contribution >= 0.6 is 0 Å². The van der Waals surface area contributed by atoms with E-state index in [1.165, 1.54) is 9.87 Å². The van der Waals surface area contributed by atoms with E-state index in [0.29, 0.717) is 30.8 Å². The molecule has 2 aliphatic heterocycles. The molecular formula is C27H34N4O3S. The van der Waals surface area contributed by atoms with E-state index in [4.69, 9.17) is 0 Å². The minimum absolute atomic E-state index is 0.0780. The third-order valence-corrected chi connectivity index (χ3v) is 9.40. The zero-order valence-electron chi connectivity index (χ0n) is 20.3. The lowest BCUT2D eigenvalue weighted by Gasteiger charge is -2.34. The summed E-state index contributed by atoms with van der Waals surface area (Å²) in [7, 11) is -1.62. The highest BCUT2D eigenvalue weighted by Gasteiger charge is 2.33. The lowest BCUT2D eigenvalue weighted by molar-refractivity contribution is -0.127. The molecule has 2 aliphatic rings. The van der Waals surface area contributed by atoms with Gasteiger partial charge in [-0.2, -0.15) is 4.31 Å². The number of amides is 1. The van der Waals surface area contributed by atoms with Crippen LogP contribution in [-0.2, 0) is 28.4 Å². The number of rotatable bonds is 6. The molecule has 1 N–H and O–H groups in total. The van der Waals surface area contributed by atoms with E-state index < -0.39 is 10.0 Å². The largest absolute Gasteiger partial charge is 0.353 e. The van der Waals surface area contributed by atoms with Gasteiger partial charge in [-0.1, -0.05) is 30.3 Å². The van der Waals surface area contributed by atoms with Crippen LogP contribution in [0.2, 0.25) is 0 Å². The van der Waals surface area contributed by atoms with Gasteiger partial charge in [0, 0.05) is 68.8 Å². The number of fused-ring (bicyclic) bond motifs is 1. The number of hydrogen-bond acceptors (Lipinski definition) is 4. The standard InChI is InChI=1S/C27H34N4O3S/c1-29-14-9-23-19-25(7-8-26(23)29)35(33,34)31-17-10-22(11-18-31)27(32)28-24-12-15-30(16-13-24)20-21-5-3-2-4-6-21/h2-9,14,19,22,24H,10-13,15-18,20H2,1H3,(H,28,32). The molecule has 3 aromatic rings. The summed E-state index contributed by atoms with van der Waals surface area (Å²) in [5.41, 5.74) is 2.32. The van der Waals surface area contributed by atoms with Gasteiger partial charge in [0.25, 0.3) is 0 Å². The first-order valence-electron chi connectivity index (χ1n) is 12.5. The molecule has 2 fully saturated rings. The first-order chi connectivity index (χ1) is 16.9. The van der Waals surface area contributed by atoms with Crippen LogP contribution in [-0.4, -0.2) is 60.3 Å². The Kier molecular flexibility index (Phi) is 6.95. The summed E-state index contributed by atoms with van der Waals surface area (Å²) in [5.74, 6) is -0.0466. The topological polar surface area (TPSA) is 74.6 Å². The Morgan fingerprint density at radius 1 is 0.943 bits per heavy atom. The zero-order valence-corrected chi connectivity index (χ0v) is 21.1. The van der Waals surface area contributed by atoms with Crippen LogP contribution in [0.25, 0.3) is 10.9 Å². The second-order valence-corrected chi connectivity index (χ2v) is 11.8. The lowest BCUT2D eigenvalue weighted by atomic mass is 9.95. The minimum Gasteiger partial charge on any atom is -0.353 e. The fourth-order valence-corrected chi connectivity index (χ4v) is 6.83. The number of sulfonamides is 1. The molecule has 0 spiro atoms. The monoisotopic (exact) mass is 494 g/mol. The fourth-order valence-electron chi connectivity index (χ4n) is 5.32. The molecule has 0 bridgehead atoms. The van der Waals surface area contributed by atoms with Gasteiger partial charge in [-0.3, -0.25) is 9.69 Å². The molecule has 1 amide bonds. The van der Waals surface area contributed by atoms with Gasteiger partial charge in [0.2, 0.25) is 15.9 Å². The Bertz CT molecular complexity index is 1270. The predicted molar refractivity (Wildman–Crippen MR) is 137 cm³/mol. The maximum atomic E-state index is 13.2. The molecule has 5 rings (SSSR count). The molecule has 186 valence electrons. The Hall–Kier alpha value is -2.68. The Balaban J connectivity index is 1.11. The number of benzene rings is 2. The molecular weight excluding hydrogens is 460 g/mol. The summed E-state index contributed by atoms with van der Waals surface area (Å²) < 4.78 is 29.9. The van der Waals surface area contributed by atoms with E-state index >= 15 is 0 Å². The highest BCUT2D eigenvalue weighted by Crippen LogP contribution is 2.27. The predicted octanol–water partition coefficient (Wildman–Crippen LogP) is 3.36. The number of hydrogen-bond donors (Lipinski definition) is 1. The van der Waals surface area contributed by atoms with Crippen LogP contribution < -0.4 is 5.32 Å². The van der Waals surface area contributed by atoms with Crippen molar-refractivity contribution in [3.8, 4) is 0 Å². The Morgan fingerprint density at radius 2 is 1.66 bits per heavy atom. The first-order valence-corrected chi connectivity index (χ1v) is 14.0. The highest BCUT2D eigenvalue weighted by molar-refractivity contribution is 7.89. The molecule has 2 aromatic carbocycles. The van der Waals surface area contributed by atoms with Crippen molar-refractivity contribution in [2.45, 2.75) is 43.2 Å². The van der Waals surface area contributed by atoms with Crippen molar-refractivity contribution < 1.29 is 13.2 Å². The average molecular weight is 495 g/mol. The van der Waals surface area contributed by atoms with E-state index in [2.05, 4.69) is 34.5 Å². The number of carbonyl (C=O) groups is 1. The first kappa shape index (κ1) is 24.0. The summed E-state index contributed by atoms with van der Waals surface area (Å²) in [6.07, 6.45) is 4.96. The number of carbonyl (C=O) groups excluding carboxylic acids is 1. The van der Waals surface area contributed by atoms with Crippen molar-refractivity contribution >= 4 is 26.8 Å². The average Bonchev–Trinajstić information content (AvgIpc) is 3.26. The quantitative estimate of drug-likeness (QED) is 0.570. The summed E-state index contributed by atoms with van der Waals surface area (Å²) in [4.78, 5) is 15.7. The van der Waals surface area contributed by atoms with Gasteiger partial charge in [-0.25, -0.2) is 8.42 Å². The van der Waals surface area contributed by atoms with Crippen molar-refractivity contribution in [1.29, 1.82) is 0 Å². The molecule has 0 saturated carbocycles. The molecule has 35 heavy (non-hydrogen) atoms. The molecule has 0 unspecified atom stereocenters. The SMILES string of the molecule is Cn1ccc2cc(S(=O)(=O)N3CCC(C(=O)NC4CCN(Cc5ccccc5)CC4)CC3)ccc21. The molecule has 2 saturated heterocycles. The summed E-state index contributed by atoms with van der Waals surface area (Å²) in [6, 6.07) is 17.9. The van der Waals surface area contributed by atoms with Crippen LogP contribution in [0.4, 0.5) is 0 Å². The van der Waals surface area contributed by atoms with Gasteiger partial charge in [0.15, 0.2) is 0 Å². The lowest BCUT2D eigenvalue weighted by Crippen LogP contribution is -2.48. The second kappa shape index (κ2) is 10.1. The molecule has 0 aliphatic carbocycles. The van der Waals surface area contributed by atoms with E-state index in [9.17, 15) is 13.2 Å². The van der Waals surface area contributed by atoms with Gasteiger partial charge in [0.1, 0.15) is 0 Å². The van der Waals surface area contributed by atoms with Crippen molar-refractivity contribution in [3.05, 3.63) is 66.4 Å². The molecule has 0 radical (unpaired) electrons. The molecule has 3 heterocycles. The number of aromatic nitrogens is 1. The van der Waals surface area contributed by atoms with Gasteiger partial charge in [0.05, 0.1) is 4.90 Å². The Labute approximate surface area is 207 Å². The van der Waals surface area contributed by atoms with Crippen LogP contribution in [0.5, 0.6) is 0 Å². The Morgan fingerprint density at radius 3 is 2.37 bits per heavy atom. The van der Waals surface area contributed by atoms with Crippen LogP contribution in [0.3, 0.4) is 0 Å². The van der Waals surface area contributed by atoms with E-state index in [-0.39, 0.29) is 17.9 Å². The third kappa shape index (κ3) is 5.29. The third-order valence-electron chi connectivity index (χ3n) is 7.50. The minimum atomic E-state index is -3.57. The van der Waals surface area contributed by atoms with Crippen molar-refractivity contribution in [2.24, 2.45) is 13.0 Å². The summed E-state index contributed by atoms with van der Waals surface area (Å²) in [5, 5.41) is 4.16. The van der Waals surface area contributed by atoms with Crippen molar-refractivity contribution in [1.82, 2.24) is 19.1 Å². The van der Waals surface area contributed by atoms with E-state index in [0.717, 1.165) is 43.4 Å². The number of likely N-dealkylation sites (tertiary alicyclic amines) is 1. The number of aryl methyl sites for hydroxylation is 1. The van der Waals surface area contributed by atoms with Crippen LogP contribution in [0.15, 0.2) is 65.7 Å². The summed E-state index contributed by atoms with van der Waals surface area (Å²) in [6.45, 7) is 3.65. The van der Waals surface area contributed by atoms with Crippen LogP contribution in [0, 0.1) is 5.92 Å². The summed E-state index contributed by atoms with van der Waals surface area (Å²) >= 11 is 0. The highest BCUT2D eigenvalue weighted by atomic mass is 32.2. The second-order valence-electron chi connectivity index (χ2n) is 9.87. The molecule has 0 atom stereocenters. The number of nitrogens with one attached hydrogen (secondary N) is 1. The normalized spacial score (nSPS) is 19.2. The zero-order chi connectivity index (χ0) is 24.4. The molecule has 1 aromatic heterocycles. The van der Waals surface area contributed by atoms with Crippen molar-refractivity contribution in [3.63, 3.8) is 0 Å². The van der Waals surface area contributed by atoms with Crippen molar-refractivity contribution in [2.75, 3.05) is 26.2 Å². The van der Waals surface area contributed by atoms with Gasteiger partial charge >= 0.3 is 0 Å². The maximum Gasteiger partial charge on any atom is 0.243 e. The van der Waals surface area contributed by atoms with Gasteiger partial charge < -0.3 is 9.88 Å². The molecule has 7 nitrogen and oxygen atoms in total. The molecule has 8 heteroatoms. The number of piperidine rings is 2. The van der Waals surface area contributed by atoms with Crippen LogP contribution in [0.1, 0.15) is 31.2 Å². The van der Waals surface area contributed by atoms with Gasteiger partial charge in [-0.05, 0) is 55.5 Å².